The second-order valence-electron chi connectivity index (χ2n) is 6.56. The normalized spacial score (nSPS) is 13.6. The van der Waals surface area contributed by atoms with E-state index in [1.165, 1.54) is 0 Å². The number of anilines is 5. The van der Waals surface area contributed by atoms with Gasteiger partial charge in [-0.3, -0.25) is 0 Å². The third-order valence-electron chi connectivity index (χ3n) is 4.60. The lowest BCUT2D eigenvalue weighted by Gasteiger charge is -2.27. The SMILES string of the molecule is COc1cccc(Nc2nc(Nc3ccccc3OC)nc(N3CCOCC3)n2)c1. The molecule has 1 aliphatic rings. The molecular weight excluding hydrogens is 384 g/mol. The maximum Gasteiger partial charge on any atom is 0.233 e. The summed E-state index contributed by atoms with van der Waals surface area (Å²) in [7, 11) is 3.26. The fourth-order valence-corrected chi connectivity index (χ4v) is 3.08. The summed E-state index contributed by atoms with van der Waals surface area (Å²) in [5.41, 5.74) is 1.59. The minimum atomic E-state index is 0.418. The van der Waals surface area contributed by atoms with E-state index >= 15 is 0 Å². The Balaban J connectivity index is 1.66. The number of ether oxygens (including phenoxy) is 3. The van der Waals surface area contributed by atoms with Crippen molar-refractivity contribution in [2.45, 2.75) is 0 Å². The van der Waals surface area contributed by atoms with Crippen LogP contribution in [0.4, 0.5) is 29.2 Å². The predicted octanol–water partition coefficient (Wildman–Crippen LogP) is 3.21. The zero-order valence-electron chi connectivity index (χ0n) is 17.0. The van der Waals surface area contributed by atoms with Crippen LogP contribution in [0, 0.1) is 0 Å². The molecule has 0 bridgehead atoms. The summed E-state index contributed by atoms with van der Waals surface area (Å²) >= 11 is 0. The highest BCUT2D eigenvalue weighted by molar-refractivity contribution is 5.64. The highest BCUT2D eigenvalue weighted by atomic mass is 16.5. The fourth-order valence-electron chi connectivity index (χ4n) is 3.08. The molecule has 9 nitrogen and oxygen atoms in total. The van der Waals surface area contributed by atoms with Crippen LogP contribution in [0.25, 0.3) is 0 Å². The lowest BCUT2D eigenvalue weighted by Crippen LogP contribution is -2.37. The van der Waals surface area contributed by atoms with E-state index in [-0.39, 0.29) is 0 Å². The molecular formula is C21H24N6O3. The summed E-state index contributed by atoms with van der Waals surface area (Å²) in [5, 5.41) is 6.48. The van der Waals surface area contributed by atoms with Crippen LogP contribution in [0.3, 0.4) is 0 Å². The van der Waals surface area contributed by atoms with Gasteiger partial charge in [0.1, 0.15) is 11.5 Å². The van der Waals surface area contributed by atoms with Gasteiger partial charge in [-0.05, 0) is 24.3 Å². The Morgan fingerprint density at radius 3 is 2.40 bits per heavy atom. The number of methoxy groups -OCH3 is 2. The van der Waals surface area contributed by atoms with Gasteiger partial charge in [-0.1, -0.05) is 18.2 Å². The third-order valence-corrected chi connectivity index (χ3v) is 4.60. The topological polar surface area (TPSA) is 93.7 Å². The van der Waals surface area contributed by atoms with Gasteiger partial charge in [0.2, 0.25) is 17.8 Å². The van der Waals surface area contributed by atoms with Crippen LogP contribution in [0.15, 0.2) is 48.5 Å². The summed E-state index contributed by atoms with van der Waals surface area (Å²) in [6.45, 7) is 2.71. The minimum Gasteiger partial charge on any atom is -0.497 e. The molecule has 2 aromatic carbocycles. The van der Waals surface area contributed by atoms with Crippen LogP contribution >= 0.6 is 0 Å². The molecule has 0 unspecified atom stereocenters. The first kappa shape index (κ1) is 19.7. The molecule has 0 aliphatic carbocycles. The monoisotopic (exact) mass is 408 g/mol. The van der Waals surface area contributed by atoms with Crippen LogP contribution < -0.4 is 25.0 Å². The second-order valence-corrected chi connectivity index (χ2v) is 6.56. The number of rotatable bonds is 7. The zero-order chi connectivity index (χ0) is 20.8. The molecule has 0 amide bonds. The van der Waals surface area contributed by atoms with Crippen molar-refractivity contribution in [1.29, 1.82) is 0 Å². The minimum absolute atomic E-state index is 0.418. The number of nitrogens with zero attached hydrogens (tertiary/aromatic N) is 4. The van der Waals surface area contributed by atoms with Crippen LogP contribution in [-0.4, -0.2) is 55.5 Å². The fraction of sp³-hybridized carbons (Fsp3) is 0.286. The number of nitrogens with one attached hydrogen (secondary N) is 2. The maximum absolute atomic E-state index is 5.45. The van der Waals surface area contributed by atoms with E-state index in [1.807, 2.05) is 48.5 Å². The molecule has 2 N–H and O–H groups in total. The molecule has 0 atom stereocenters. The van der Waals surface area contributed by atoms with Crippen molar-refractivity contribution in [2.24, 2.45) is 0 Å². The molecule has 30 heavy (non-hydrogen) atoms. The van der Waals surface area contributed by atoms with Crippen molar-refractivity contribution in [3.8, 4) is 11.5 Å². The molecule has 1 saturated heterocycles. The van der Waals surface area contributed by atoms with Gasteiger partial charge in [0.25, 0.3) is 0 Å². The number of benzene rings is 2. The highest BCUT2D eigenvalue weighted by Crippen LogP contribution is 2.27. The Labute approximate surface area is 175 Å². The third kappa shape index (κ3) is 4.69. The average molecular weight is 408 g/mol. The Kier molecular flexibility index (Phi) is 6.09. The summed E-state index contributed by atoms with van der Waals surface area (Å²) in [5.74, 6) is 2.87. The lowest BCUT2D eigenvalue weighted by atomic mass is 10.3. The number of para-hydroxylation sites is 2. The molecule has 1 fully saturated rings. The Morgan fingerprint density at radius 2 is 1.63 bits per heavy atom. The van der Waals surface area contributed by atoms with Gasteiger partial charge in [0, 0.05) is 24.8 Å². The second kappa shape index (κ2) is 9.27. The maximum atomic E-state index is 5.45. The Morgan fingerprint density at radius 1 is 0.867 bits per heavy atom. The first-order valence-corrected chi connectivity index (χ1v) is 9.65. The molecule has 3 aromatic rings. The van der Waals surface area contributed by atoms with E-state index in [0.29, 0.717) is 36.8 Å². The molecule has 4 rings (SSSR count). The van der Waals surface area contributed by atoms with Crippen molar-refractivity contribution in [2.75, 3.05) is 56.1 Å². The van der Waals surface area contributed by atoms with Crippen molar-refractivity contribution >= 4 is 29.2 Å². The lowest BCUT2D eigenvalue weighted by molar-refractivity contribution is 0.122. The molecule has 0 spiro atoms. The van der Waals surface area contributed by atoms with E-state index in [1.54, 1.807) is 14.2 Å². The van der Waals surface area contributed by atoms with Crippen LogP contribution in [0.5, 0.6) is 11.5 Å². The number of morpholine rings is 1. The van der Waals surface area contributed by atoms with Gasteiger partial charge in [-0.15, -0.1) is 0 Å². The van der Waals surface area contributed by atoms with Crippen LogP contribution in [0.1, 0.15) is 0 Å². The molecule has 1 aliphatic heterocycles. The predicted molar refractivity (Wildman–Crippen MR) is 115 cm³/mol. The van der Waals surface area contributed by atoms with Crippen LogP contribution in [0.2, 0.25) is 0 Å². The zero-order valence-corrected chi connectivity index (χ0v) is 17.0. The summed E-state index contributed by atoms with van der Waals surface area (Å²) in [6, 6.07) is 15.2. The van der Waals surface area contributed by atoms with E-state index in [2.05, 4.69) is 30.5 Å². The quantitative estimate of drug-likeness (QED) is 0.611. The number of hydrogen-bond donors (Lipinski definition) is 2. The van der Waals surface area contributed by atoms with E-state index in [4.69, 9.17) is 14.2 Å². The van der Waals surface area contributed by atoms with Gasteiger partial charge in [0.05, 0.1) is 33.1 Å². The standard InChI is InChI=1S/C21H24N6O3/c1-28-16-7-5-6-15(14-16)22-19-24-20(23-17-8-3-4-9-18(17)29-2)26-21(25-19)27-10-12-30-13-11-27/h3-9,14H,10-13H2,1-2H3,(H2,22,23,24,25,26). The first-order chi connectivity index (χ1) is 14.7. The van der Waals surface area contributed by atoms with Gasteiger partial charge < -0.3 is 29.7 Å². The highest BCUT2D eigenvalue weighted by Gasteiger charge is 2.17. The molecule has 0 radical (unpaired) electrons. The molecule has 2 heterocycles. The van der Waals surface area contributed by atoms with Gasteiger partial charge in [-0.2, -0.15) is 15.0 Å². The Hall–Kier alpha value is -3.59. The van der Waals surface area contributed by atoms with Crippen LogP contribution in [-0.2, 0) is 4.74 Å². The van der Waals surface area contributed by atoms with E-state index in [9.17, 15) is 0 Å². The van der Waals surface area contributed by atoms with E-state index in [0.717, 1.165) is 30.2 Å². The summed E-state index contributed by atoms with van der Waals surface area (Å²) in [4.78, 5) is 15.9. The van der Waals surface area contributed by atoms with Gasteiger partial charge in [0.15, 0.2) is 0 Å². The van der Waals surface area contributed by atoms with E-state index < -0.39 is 0 Å². The number of hydrogen-bond acceptors (Lipinski definition) is 9. The summed E-state index contributed by atoms with van der Waals surface area (Å²) in [6.07, 6.45) is 0. The molecule has 9 heteroatoms. The average Bonchev–Trinajstić information content (AvgIpc) is 2.80. The molecule has 156 valence electrons. The van der Waals surface area contributed by atoms with Crippen molar-refractivity contribution in [1.82, 2.24) is 15.0 Å². The largest absolute Gasteiger partial charge is 0.497 e. The smallest absolute Gasteiger partial charge is 0.233 e. The van der Waals surface area contributed by atoms with Crippen molar-refractivity contribution in [3.63, 3.8) is 0 Å². The van der Waals surface area contributed by atoms with Crippen molar-refractivity contribution in [3.05, 3.63) is 48.5 Å². The Bertz CT molecular complexity index is 994. The molecule has 1 aromatic heterocycles. The summed E-state index contributed by atoms with van der Waals surface area (Å²) < 4.78 is 16.2. The van der Waals surface area contributed by atoms with Gasteiger partial charge in [-0.25, -0.2) is 0 Å². The van der Waals surface area contributed by atoms with Crippen molar-refractivity contribution < 1.29 is 14.2 Å². The van der Waals surface area contributed by atoms with Gasteiger partial charge >= 0.3 is 0 Å². The molecule has 0 saturated carbocycles. The first-order valence-electron chi connectivity index (χ1n) is 9.65. The number of aromatic nitrogens is 3.